The van der Waals surface area contributed by atoms with Crippen molar-refractivity contribution in [3.8, 4) is 0 Å². The average molecular weight is 736 g/mol. The summed E-state index contributed by atoms with van der Waals surface area (Å²) >= 11 is 0. The lowest BCUT2D eigenvalue weighted by atomic mass is 9.82. The van der Waals surface area contributed by atoms with E-state index in [0.717, 1.165) is 0 Å². The van der Waals surface area contributed by atoms with Crippen molar-refractivity contribution >= 4 is 35.7 Å². The first-order valence-corrected chi connectivity index (χ1v) is 22.4. The van der Waals surface area contributed by atoms with Gasteiger partial charge >= 0.3 is 0 Å². The molecule has 6 rings (SSSR count). The van der Waals surface area contributed by atoms with Crippen LogP contribution in [0.1, 0.15) is 51.7 Å². The summed E-state index contributed by atoms with van der Waals surface area (Å²) in [5.41, 5.74) is 3.67. The van der Waals surface area contributed by atoms with Crippen LogP contribution >= 0.6 is 14.5 Å². The zero-order valence-electron chi connectivity index (χ0n) is 27.6. The van der Waals surface area contributed by atoms with Crippen molar-refractivity contribution in [2.24, 2.45) is 0 Å². The molecule has 2 aliphatic heterocycles. The zero-order valence-corrected chi connectivity index (χ0v) is 30.9. The maximum atomic E-state index is 8.49. The molecule has 0 spiro atoms. The molecule has 2 unspecified atom stereocenters. The van der Waals surface area contributed by atoms with Gasteiger partial charge in [-0.3, -0.25) is 0 Å². The Morgan fingerprint density at radius 3 is 1.04 bits per heavy atom. The highest BCUT2D eigenvalue weighted by atomic mass is 35.7. The van der Waals surface area contributed by atoms with E-state index >= 15 is 0 Å². The van der Waals surface area contributed by atoms with Crippen LogP contribution in [-0.2, 0) is 10.8 Å². The van der Waals surface area contributed by atoms with Gasteiger partial charge in [-0.1, -0.05) is 100 Å². The van der Waals surface area contributed by atoms with Gasteiger partial charge in [0.25, 0.3) is 0 Å². The predicted molar refractivity (Wildman–Crippen MR) is 173 cm³/mol. The molecule has 258 valence electrons. The molecule has 0 N–H and O–H groups in total. The van der Waals surface area contributed by atoms with E-state index in [-0.39, 0.29) is 10.8 Å². The molecule has 2 atom stereocenters. The van der Waals surface area contributed by atoms with Crippen molar-refractivity contribution in [2.75, 3.05) is 24.6 Å². The summed E-state index contributed by atoms with van der Waals surface area (Å²) in [7, 11) is -13.0. The summed E-state index contributed by atoms with van der Waals surface area (Å²) in [6, 6.07) is 42.3. The molecule has 0 aliphatic carbocycles. The fourth-order valence-corrected chi connectivity index (χ4v) is 18.8. The van der Waals surface area contributed by atoms with Gasteiger partial charge in [0.1, 0.15) is 22.9 Å². The molecule has 4 aromatic rings. The third kappa shape index (κ3) is 9.41. The van der Waals surface area contributed by atoms with Gasteiger partial charge in [0.05, 0.1) is 37.5 Å². The Hall–Kier alpha value is -2.00. The lowest BCUT2D eigenvalue weighted by molar-refractivity contribution is -2.00. The first-order valence-electron chi connectivity index (χ1n) is 15.6. The Bertz CT molecular complexity index is 1510. The average Bonchev–Trinajstić information content (AvgIpc) is 3.02. The van der Waals surface area contributed by atoms with Crippen LogP contribution in [0, 0.1) is 20.5 Å². The van der Waals surface area contributed by atoms with Crippen LogP contribution in [0.25, 0.3) is 0 Å². The van der Waals surface area contributed by atoms with Gasteiger partial charge in [-0.25, -0.2) is 37.3 Å². The lowest BCUT2D eigenvalue weighted by Crippen LogP contribution is -2.68. The molecule has 2 aliphatic rings. The predicted octanol–water partition coefficient (Wildman–Crippen LogP) is -1.83. The summed E-state index contributed by atoms with van der Waals surface area (Å²) in [4.78, 5) is 0. The van der Waals surface area contributed by atoms with Crippen molar-refractivity contribution in [3.05, 3.63) is 120 Å². The van der Waals surface area contributed by atoms with E-state index in [1.54, 1.807) is 32.3 Å². The minimum absolute atomic E-state index is 0.239. The van der Waals surface area contributed by atoms with E-state index in [1.165, 1.54) is 37.5 Å². The standard InChI is InChI=1S/C36H42P2.2ClHO4/c1-35(2)23-25-37(29-15-7-5-8-16-29,33-21-13-11-19-31(33)35)27-28-38(30-17-9-6-10-18-30)26-24-36(3,4)32-20-12-14-22-34(32)38;2*2-1(3,4)5/h5-22H,23-28H2,1-4H3;2*(H,2,3,4,5)/q+2;;/p-2. The largest absolute Gasteiger partial charge is 0.222 e. The van der Waals surface area contributed by atoms with Gasteiger partial charge in [0, 0.05) is 11.1 Å². The minimum atomic E-state index is -4.94. The summed E-state index contributed by atoms with van der Waals surface area (Å²) in [6.07, 6.45) is 7.80. The number of fused-ring (bicyclic) bond motifs is 2. The molecule has 2 heterocycles. The van der Waals surface area contributed by atoms with Crippen LogP contribution in [0.4, 0.5) is 0 Å². The van der Waals surface area contributed by atoms with Gasteiger partial charge in [0.15, 0.2) is 0 Å². The lowest BCUT2D eigenvalue weighted by Gasteiger charge is -2.43. The van der Waals surface area contributed by atoms with Crippen LogP contribution in [-0.4, -0.2) is 24.6 Å². The Kier molecular flexibility index (Phi) is 12.2. The smallest absolute Gasteiger partial charge is 0.103 e. The molecule has 0 saturated heterocycles. The number of rotatable bonds is 5. The van der Waals surface area contributed by atoms with Crippen molar-refractivity contribution in [1.29, 1.82) is 0 Å². The maximum Gasteiger partial charge on any atom is 0.103 e. The molecular formula is C36H42Cl2O8P2. The van der Waals surface area contributed by atoms with Gasteiger partial charge in [0.2, 0.25) is 0 Å². The zero-order chi connectivity index (χ0) is 35.4. The van der Waals surface area contributed by atoms with Crippen LogP contribution < -0.4 is 58.5 Å². The Labute approximate surface area is 288 Å². The molecule has 12 heteroatoms. The highest BCUT2D eigenvalue weighted by Crippen LogP contribution is 2.68. The van der Waals surface area contributed by atoms with Crippen molar-refractivity contribution in [3.63, 3.8) is 0 Å². The third-order valence-electron chi connectivity index (χ3n) is 9.79. The van der Waals surface area contributed by atoms with Crippen LogP contribution in [0.5, 0.6) is 0 Å². The number of hydrogen-bond donors (Lipinski definition) is 0. The minimum Gasteiger partial charge on any atom is -0.222 e. The Balaban J connectivity index is 0.000000458. The van der Waals surface area contributed by atoms with E-state index in [0.29, 0.717) is 0 Å². The topological polar surface area (TPSA) is 184 Å². The molecule has 0 radical (unpaired) electrons. The molecule has 0 amide bonds. The van der Waals surface area contributed by atoms with Gasteiger partial charge < -0.3 is 0 Å². The van der Waals surface area contributed by atoms with E-state index in [9.17, 15) is 0 Å². The monoisotopic (exact) mass is 734 g/mol. The normalized spacial score (nSPS) is 22.5. The summed E-state index contributed by atoms with van der Waals surface area (Å²) in [5, 5.41) is 6.58. The van der Waals surface area contributed by atoms with Crippen molar-refractivity contribution < 1.29 is 57.8 Å². The van der Waals surface area contributed by atoms with E-state index in [2.05, 4.69) is 137 Å². The second-order valence-corrected chi connectivity index (χ2v) is 22.7. The summed E-state index contributed by atoms with van der Waals surface area (Å²) in [6.45, 7) is 9.84. The molecule has 4 aromatic carbocycles. The molecule has 0 saturated carbocycles. The fraction of sp³-hybridized carbons (Fsp3) is 0.333. The highest BCUT2D eigenvalue weighted by molar-refractivity contribution is 7.93. The summed E-state index contributed by atoms with van der Waals surface area (Å²) < 4.78 is 67.9. The first kappa shape index (κ1) is 38.8. The molecule has 0 bridgehead atoms. The molecular weight excluding hydrogens is 693 g/mol. The van der Waals surface area contributed by atoms with E-state index in [1.807, 2.05) is 0 Å². The number of halogens is 2. The second-order valence-electron chi connectivity index (χ2n) is 13.6. The Morgan fingerprint density at radius 2 is 0.729 bits per heavy atom. The van der Waals surface area contributed by atoms with E-state index in [4.69, 9.17) is 37.3 Å². The van der Waals surface area contributed by atoms with Gasteiger partial charge in [-0.2, -0.15) is 0 Å². The van der Waals surface area contributed by atoms with Crippen molar-refractivity contribution in [1.82, 2.24) is 0 Å². The number of hydrogen-bond acceptors (Lipinski definition) is 8. The highest BCUT2D eigenvalue weighted by Gasteiger charge is 2.56. The Morgan fingerprint density at radius 1 is 0.458 bits per heavy atom. The van der Waals surface area contributed by atoms with Gasteiger partial charge in [-0.15, -0.1) is 20.5 Å². The second kappa shape index (κ2) is 15.1. The van der Waals surface area contributed by atoms with E-state index < -0.39 is 35.0 Å². The molecule has 0 aromatic heterocycles. The van der Waals surface area contributed by atoms with Crippen LogP contribution in [0.2, 0.25) is 0 Å². The summed E-state index contributed by atoms with van der Waals surface area (Å²) in [5.74, 6) is 0. The van der Waals surface area contributed by atoms with Crippen molar-refractivity contribution in [2.45, 2.75) is 51.4 Å². The fourth-order valence-electron chi connectivity index (χ4n) is 7.32. The molecule has 0 fully saturated rings. The molecule has 8 nitrogen and oxygen atoms in total. The quantitative estimate of drug-likeness (QED) is 0.215. The third-order valence-corrected chi connectivity index (χ3v) is 19.3. The van der Waals surface area contributed by atoms with Crippen LogP contribution in [0.3, 0.4) is 0 Å². The SMILES string of the molecule is CC1(C)CC[P+](CC[P+]2(c3ccccc3)CCC(C)(C)c3ccccc32)(c2ccccc2)c2ccccc21.[O-][Cl+3]([O-])([O-])[O-].[O-][Cl+3]([O-])([O-])[O-]. The molecule has 48 heavy (non-hydrogen) atoms. The first-order chi connectivity index (χ1) is 22.3. The number of benzene rings is 4. The van der Waals surface area contributed by atoms with Gasteiger partial charge in [-0.05, 0) is 60.1 Å². The maximum absolute atomic E-state index is 8.49. The van der Waals surface area contributed by atoms with Crippen LogP contribution in [0.15, 0.2) is 109 Å².